The summed E-state index contributed by atoms with van der Waals surface area (Å²) >= 11 is 3.44. The number of Topliss-reactive ketones (excluding diaryl/α,β-unsaturated/α-hetero) is 1. The van der Waals surface area contributed by atoms with Crippen LogP contribution in [0.3, 0.4) is 0 Å². The number of halogens is 1. The van der Waals surface area contributed by atoms with Crippen LogP contribution in [0.2, 0.25) is 0 Å². The third kappa shape index (κ3) is 3.48. The van der Waals surface area contributed by atoms with Crippen molar-refractivity contribution in [1.82, 2.24) is 0 Å². The molecule has 8 atom stereocenters. The first-order valence-corrected chi connectivity index (χ1v) is 13.3. The molecule has 29 heavy (non-hydrogen) atoms. The molecule has 4 rings (SSSR count). The fraction of sp³-hybridized carbons (Fsp3) is 0.960. The highest BCUT2D eigenvalue weighted by Crippen LogP contribution is 2.69. The molecule has 0 aliphatic heterocycles. The van der Waals surface area contributed by atoms with E-state index in [0.717, 1.165) is 43.4 Å². The van der Waals surface area contributed by atoms with E-state index in [4.69, 9.17) is 4.74 Å². The van der Waals surface area contributed by atoms with Crippen molar-refractivity contribution in [3.05, 3.63) is 0 Å². The number of aliphatic hydroxyl groups is 1. The predicted octanol–water partition coefficient (Wildman–Crippen LogP) is 5.77. The molecule has 166 valence electrons. The highest BCUT2D eigenvalue weighted by Gasteiger charge is 2.62. The number of carbonyl (C=O) groups is 1. The van der Waals surface area contributed by atoms with Gasteiger partial charge in [-0.15, -0.1) is 0 Å². The Morgan fingerprint density at radius 1 is 1.07 bits per heavy atom. The molecule has 0 aromatic carbocycles. The lowest BCUT2D eigenvalue weighted by Crippen LogP contribution is -2.57. The van der Waals surface area contributed by atoms with E-state index in [-0.39, 0.29) is 11.3 Å². The summed E-state index contributed by atoms with van der Waals surface area (Å²) < 4.78 is 5.66. The Balaban J connectivity index is 1.56. The highest BCUT2D eigenvalue weighted by molar-refractivity contribution is 9.09. The lowest BCUT2D eigenvalue weighted by Gasteiger charge is -2.63. The third-order valence-electron chi connectivity index (χ3n) is 10.3. The summed E-state index contributed by atoms with van der Waals surface area (Å²) in [5.41, 5.74) is 0.00841. The average molecular weight is 470 g/mol. The summed E-state index contributed by atoms with van der Waals surface area (Å²) in [7, 11) is 0. The molecule has 0 amide bonds. The van der Waals surface area contributed by atoms with Crippen molar-refractivity contribution in [2.24, 2.45) is 40.4 Å². The van der Waals surface area contributed by atoms with Crippen LogP contribution < -0.4 is 0 Å². The Hall–Kier alpha value is 0.0700. The van der Waals surface area contributed by atoms with Gasteiger partial charge in [-0.05, 0) is 106 Å². The second-order valence-electron chi connectivity index (χ2n) is 11.1. The maximum atomic E-state index is 12.7. The molecule has 0 spiro atoms. The standard InChI is InChI=1S/C25H41BrO3/c1-4-25-13-12-24(28,16-29-5-2)14-17(25)6-7-18-19-8-9-21(22(27)15-26)23(19,3)11-10-20(18)25/h17-21,28H,4-16H2,1-3H3/t17-,18-,19?,20?,21+,23-,24+,25-/m0/s1. The second kappa shape index (κ2) is 8.20. The van der Waals surface area contributed by atoms with Crippen LogP contribution in [-0.2, 0) is 9.53 Å². The van der Waals surface area contributed by atoms with Gasteiger partial charge in [0.15, 0.2) is 0 Å². The maximum Gasteiger partial charge on any atom is 0.147 e. The minimum Gasteiger partial charge on any atom is -0.387 e. The predicted molar refractivity (Wildman–Crippen MR) is 120 cm³/mol. The Morgan fingerprint density at radius 3 is 2.55 bits per heavy atom. The Morgan fingerprint density at radius 2 is 1.86 bits per heavy atom. The molecule has 2 unspecified atom stereocenters. The number of hydrogen-bond donors (Lipinski definition) is 1. The van der Waals surface area contributed by atoms with Gasteiger partial charge in [0.2, 0.25) is 0 Å². The van der Waals surface area contributed by atoms with Gasteiger partial charge in [0, 0.05) is 12.5 Å². The summed E-state index contributed by atoms with van der Waals surface area (Å²) in [4.78, 5) is 12.7. The number of ketones is 1. The van der Waals surface area contributed by atoms with Gasteiger partial charge in [0.1, 0.15) is 5.78 Å². The molecule has 0 aromatic heterocycles. The van der Waals surface area contributed by atoms with Gasteiger partial charge >= 0.3 is 0 Å². The topological polar surface area (TPSA) is 46.5 Å². The van der Waals surface area contributed by atoms with Gasteiger partial charge in [0.05, 0.1) is 17.5 Å². The molecule has 0 saturated heterocycles. The zero-order chi connectivity index (χ0) is 20.9. The van der Waals surface area contributed by atoms with E-state index in [9.17, 15) is 9.90 Å². The van der Waals surface area contributed by atoms with Crippen molar-refractivity contribution < 1.29 is 14.6 Å². The van der Waals surface area contributed by atoms with Crippen LogP contribution in [0.15, 0.2) is 0 Å². The van der Waals surface area contributed by atoms with E-state index >= 15 is 0 Å². The molecule has 4 heteroatoms. The van der Waals surface area contributed by atoms with E-state index in [0.29, 0.717) is 35.7 Å². The molecule has 4 saturated carbocycles. The molecule has 4 aliphatic carbocycles. The highest BCUT2D eigenvalue weighted by atomic mass is 79.9. The number of carbonyl (C=O) groups excluding carboxylic acids is 1. The molecule has 4 aliphatic rings. The van der Waals surface area contributed by atoms with Gasteiger partial charge in [-0.2, -0.15) is 0 Å². The minimum absolute atomic E-state index is 0.220. The molecular formula is C25H41BrO3. The SMILES string of the molecule is CCOC[C@@]1(O)CC[C@]2(CC)C3CC[C@@]4(C)C(CC[C@@H]4C(=O)CBr)[C@@H]3CC[C@H]2C1. The minimum atomic E-state index is -0.615. The van der Waals surface area contributed by atoms with Crippen molar-refractivity contribution >= 4 is 21.7 Å². The Labute approximate surface area is 185 Å². The molecule has 4 fully saturated rings. The summed E-state index contributed by atoms with van der Waals surface area (Å²) in [6, 6.07) is 0. The monoisotopic (exact) mass is 468 g/mol. The smallest absolute Gasteiger partial charge is 0.147 e. The summed E-state index contributed by atoms with van der Waals surface area (Å²) in [6.45, 7) is 8.05. The van der Waals surface area contributed by atoms with Crippen molar-refractivity contribution in [2.75, 3.05) is 18.5 Å². The average Bonchev–Trinajstić information content (AvgIpc) is 3.08. The quantitative estimate of drug-likeness (QED) is 0.503. The first-order chi connectivity index (χ1) is 13.8. The molecule has 0 bridgehead atoms. The summed E-state index contributed by atoms with van der Waals surface area (Å²) in [5, 5.41) is 11.7. The number of fused-ring (bicyclic) bond motifs is 5. The molecule has 3 nitrogen and oxygen atoms in total. The van der Waals surface area contributed by atoms with Gasteiger partial charge in [-0.3, -0.25) is 4.79 Å². The van der Waals surface area contributed by atoms with Gasteiger partial charge < -0.3 is 9.84 Å². The van der Waals surface area contributed by atoms with E-state index in [1.807, 2.05) is 6.92 Å². The van der Waals surface area contributed by atoms with Crippen LogP contribution in [0.5, 0.6) is 0 Å². The zero-order valence-corrected chi connectivity index (χ0v) is 20.3. The first-order valence-electron chi connectivity index (χ1n) is 12.2. The molecule has 0 aromatic rings. The fourth-order valence-corrected chi connectivity index (χ4v) is 9.27. The van der Waals surface area contributed by atoms with Crippen LogP contribution in [0.1, 0.15) is 85.0 Å². The largest absolute Gasteiger partial charge is 0.387 e. The zero-order valence-electron chi connectivity index (χ0n) is 18.7. The van der Waals surface area contributed by atoms with Crippen LogP contribution in [0, 0.1) is 40.4 Å². The second-order valence-corrected chi connectivity index (χ2v) is 11.6. The number of alkyl halides is 1. The number of rotatable bonds is 6. The number of hydrogen-bond acceptors (Lipinski definition) is 3. The molecule has 0 radical (unpaired) electrons. The van der Waals surface area contributed by atoms with E-state index in [2.05, 4.69) is 29.8 Å². The Bertz CT molecular complexity index is 623. The normalized spacial score (nSPS) is 49.2. The van der Waals surface area contributed by atoms with E-state index < -0.39 is 5.60 Å². The molecule has 1 N–H and O–H groups in total. The van der Waals surface area contributed by atoms with Crippen molar-refractivity contribution in [3.63, 3.8) is 0 Å². The van der Waals surface area contributed by atoms with Gasteiger partial charge in [0.25, 0.3) is 0 Å². The fourth-order valence-electron chi connectivity index (χ4n) is 8.88. The summed E-state index contributed by atoms with van der Waals surface area (Å²) in [6.07, 6.45) is 11.7. The van der Waals surface area contributed by atoms with Crippen LogP contribution in [0.4, 0.5) is 0 Å². The third-order valence-corrected chi connectivity index (χ3v) is 10.8. The van der Waals surface area contributed by atoms with Crippen LogP contribution in [-0.4, -0.2) is 35.0 Å². The van der Waals surface area contributed by atoms with Crippen LogP contribution in [0.25, 0.3) is 0 Å². The van der Waals surface area contributed by atoms with Crippen LogP contribution >= 0.6 is 15.9 Å². The maximum absolute atomic E-state index is 12.7. The van der Waals surface area contributed by atoms with Gasteiger partial charge in [-0.25, -0.2) is 0 Å². The van der Waals surface area contributed by atoms with Crippen molar-refractivity contribution in [3.8, 4) is 0 Å². The molecular weight excluding hydrogens is 428 g/mol. The lowest BCUT2D eigenvalue weighted by atomic mass is 9.42. The number of ether oxygens (including phenoxy) is 1. The van der Waals surface area contributed by atoms with Gasteiger partial charge in [-0.1, -0.05) is 29.8 Å². The Kier molecular flexibility index (Phi) is 6.30. The van der Waals surface area contributed by atoms with E-state index in [1.165, 1.54) is 38.5 Å². The van der Waals surface area contributed by atoms with Crippen molar-refractivity contribution in [1.29, 1.82) is 0 Å². The van der Waals surface area contributed by atoms with Crippen molar-refractivity contribution in [2.45, 2.75) is 90.6 Å². The first kappa shape index (κ1) is 22.3. The summed E-state index contributed by atoms with van der Waals surface area (Å²) in [5.74, 6) is 3.65. The molecule has 0 heterocycles. The lowest BCUT2D eigenvalue weighted by molar-refractivity contribution is -0.173. The van der Waals surface area contributed by atoms with E-state index in [1.54, 1.807) is 0 Å².